The second kappa shape index (κ2) is 8.55. The van der Waals surface area contributed by atoms with Gasteiger partial charge in [0.1, 0.15) is 6.10 Å². The predicted octanol–water partition coefficient (Wildman–Crippen LogP) is 4.21. The zero-order valence-electron chi connectivity index (χ0n) is 17.0. The number of anilines is 1. The third-order valence-electron chi connectivity index (χ3n) is 5.24. The van der Waals surface area contributed by atoms with Crippen LogP contribution in [0.2, 0.25) is 5.02 Å². The Balaban J connectivity index is 1.70. The number of ether oxygens (including phenoxy) is 1. The first-order valence-corrected chi connectivity index (χ1v) is 10.5. The van der Waals surface area contributed by atoms with Gasteiger partial charge in [0, 0.05) is 17.1 Å². The molecule has 1 saturated heterocycles. The molecular formula is C21H27ClN6O. The van der Waals surface area contributed by atoms with Gasteiger partial charge in [-0.05, 0) is 43.9 Å². The lowest BCUT2D eigenvalue weighted by atomic mass is 10.1. The van der Waals surface area contributed by atoms with Crippen molar-refractivity contribution in [3.05, 3.63) is 46.6 Å². The number of hydrogen-bond donors (Lipinski definition) is 2. The smallest absolute Gasteiger partial charge is 0.322 e. The topological polar surface area (TPSA) is 76.4 Å². The number of aromatic nitrogens is 4. The van der Waals surface area contributed by atoms with Crippen LogP contribution in [0.5, 0.6) is 6.01 Å². The van der Waals surface area contributed by atoms with E-state index in [-0.39, 0.29) is 12.1 Å². The van der Waals surface area contributed by atoms with Gasteiger partial charge in [-0.3, -0.25) is 0 Å². The lowest BCUT2D eigenvalue weighted by Gasteiger charge is -2.23. The van der Waals surface area contributed by atoms with E-state index in [2.05, 4.69) is 39.5 Å². The van der Waals surface area contributed by atoms with E-state index in [1.54, 1.807) is 4.52 Å². The average Bonchev–Trinajstić information content (AvgIpc) is 3.13. The van der Waals surface area contributed by atoms with Crippen molar-refractivity contribution in [2.24, 2.45) is 0 Å². The van der Waals surface area contributed by atoms with E-state index in [1.807, 2.05) is 37.4 Å². The Morgan fingerprint density at radius 1 is 1.21 bits per heavy atom. The number of fused-ring (bicyclic) bond motifs is 1. The number of nitrogens with zero attached hydrogens (tertiary/aromatic N) is 4. The Bertz CT molecular complexity index is 982. The van der Waals surface area contributed by atoms with Crippen LogP contribution >= 0.6 is 11.6 Å². The highest BCUT2D eigenvalue weighted by molar-refractivity contribution is 6.31. The van der Waals surface area contributed by atoms with Crippen LogP contribution in [0.4, 0.5) is 5.95 Å². The molecule has 1 unspecified atom stereocenters. The van der Waals surface area contributed by atoms with Crippen LogP contribution in [0.25, 0.3) is 5.65 Å². The number of hydrogen-bond acceptors (Lipinski definition) is 6. The zero-order chi connectivity index (χ0) is 20.4. The van der Waals surface area contributed by atoms with Gasteiger partial charge in [-0.15, -0.1) is 0 Å². The van der Waals surface area contributed by atoms with Crippen LogP contribution < -0.4 is 15.4 Å². The molecule has 8 heteroatoms. The van der Waals surface area contributed by atoms with Crippen molar-refractivity contribution in [3.8, 4) is 6.01 Å². The summed E-state index contributed by atoms with van der Waals surface area (Å²) in [6, 6.07) is 8.12. The summed E-state index contributed by atoms with van der Waals surface area (Å²) in [5.41, 5.74) is 2.83. The van der Waals surface area contributed by atoms with Crippen LogP contribution in [0.3, 0.4) is 0 Å². The highest BCUT2D eigenvalue weighted by Crippen LogP contribution is 2.28. The first-order valence-electron chi connectivity index (χ1n) is 10.2. The van der Waals surface area contributed by atoms with E-state index >= 15 is 0 Å². The molecule has 2 N–H and O–H groups in total. The van der Waals surface area contributed by atoms with E-state index in [0.29, 0.717) is 22.9 Å². The van der Waals surface area contributed by atoms with Gasteiger partial charge in [-0.1, -0.05) is 43.6 Å². The minimum absolute atomic E-state index is 0.0577. The maximum Gasteiger partial charge on any atom is 0.322 e. The summed E-state index contributed by atoms with van der Waals surface area (Å²) in [5, 5.41) is 12.0. The summed E-state index contributed by atoms with van der Waals surface area (Å²) < 4.78 is 7.87. The first-order chi connectivity index (χ1) is 14.0. The summed E-state index contributed by atoms with van der Waals surface area (Å²) in [6.07, 6.45) is 4.01. The van der Waals surface area contributed by atoms with Gasteiger partial charge < -0.3 is 15.4 Å². The van der Waals surface area contributed by atoms with Gasteiger partial charge in [0.25, 0.3) is 0 Å². The van der Waals surface area contributed by atoms with E-state index < -0.39 is 0 Å². The lowest BCUT2D eigenvalue weighted by Crippen LogP contribution is -2.37. The Kier molecular flexibility index (Phi) is 5.87. The lowest BCUT2D eigenvalue weighted by molar-refractivity contribution is 0.153. The molecule has 1 aliphatic rings. The van der Waals surface area contributed by atoms with E-state index in [9.17, 15) is 0 Å². The van der Waals surface area contributed by atoms with Crippen molar-refractivity contribution in [1.29, 1.82) is 0 Å². The molecule has 1 aromatic carbocycles. The highest BCUT2D eigenvalue weighted by Gasteiger charge is 2.21. The maximum atomic E-state index is 6.38. The Hall–Kier alpha value is -2.38. The third-order valence-corrected chi connectivity index (χ3v) is 5.58. The van der Waals surface area contributed by atoms with Crippen LogP contribution in [-0.2, 0) is 0 Å². The van der Waals surface area contributed by atoms with Crippen molar-refractivity contribution in [2.45, 2.75) is 51.7 Å². The quantitative estimate of drug-likeness (QED) is 0.629. The third kappa shape index (κ3) is 4.31. The molecule has 0 bridgehead atoms. The number of halogens is 1. The number of benzene rings is 1. The normalized spacial score (nSPS) is 18.2. The molecule has 0 amide bonds. The molecule has 1 aliphatic heterocycles. The SMILES string of the molecule is CC(C)c1cnn2c(N[C@@H](C)c3ccccc3Cl)nc(OC3CCCNC3)nc12. The summed E-state index contributed by atoms with van der Waals surface area (Å²) >= 11 is 6.38. The molecule has 3 aromatic rings. The van der Waals surface area contributed by atoms with Crippen LogP contribution in [0, 0.1) is 0 Å². The molecule has 1 fully saturated rings. The van der Waals surface area contributed by atoms with Gasteiger partial charge >= 0.3 is 6.01 Å². The van der Waals surface area contributed by atoms with E-state index in [0.717, 1.165) is 42.7 Å². The molecule has 7 nitrogen and oxygen atoms in total. The van der Waals surface area contributed by atoms with Gasteiger partial charge in [-0.25, -0.2) is 0 Å². The predicted molar refractivity (Wildman–Crippen MR) is 115 cm³/mol. The fraction of sp³-hybridized carbons (Fsp3) is 0.476. The minimum Gasteiger partial charge on any atom is -0.459 e. The summed E-state index contributed by atoms with van der Waals surface area (Å²) in [4.78, 5) is 9.33. The minimum atomic E-state index is -0.0577. The monoisotopic (exact) mass is 414 g/mol. The Morgan fingerprint density at radius 3 is 2.76 bits per heavy atom. The molecule has 154 valence electrons. The second-order valence-corrected chi connectivity index (χ2v) is 8.20. The molecule has 4 rings (SSSR count). The van der Waals surface area contributed by atoms with Crippen molar-refractivity contribution in [2.75, 3.05) is 18.4 Å². The zero-order valence-corrected chi connectivity index (χ0v) is 17.8. The molecule has 2 atom stereocenters. The Labute approximate surface area is 175 Å². The van der Waals surface area contributed by atoms with E-state index in [1.165, 1.54) is 0 Å². The second-order valence-electron chi connectivity index (χ2n) is 7.79. The van der Waals surface area contributed by atoms with Crippen LogP contribution in [0.1, 0.15) is 56.7 Å². The van der Waals surface area contributed by atoms with Gasteiger partial charge in [0.05, 0.1) is 12.2 Å². The standard InChI is InChI=1S/C21H27ClN6O/c1-13(2)17-12-24-28-19(17)26-21(29-15-7-6-10-23-11-15)27-20(28)25-14(3)16-8-4-5-9-18(16)22/h4-5,8-9,12-15,23H,6-7,10-11H2,1-3H3,(H,25,26,27)/t14-,15?/m0/s1. The maximum absolute atomic E-state index is 6.38. The first kappa shape index (κ1) is 19.9. The van der Waals surface area contributed by atoms with Gasteiger partial charge in [0.2, 0.25) is 5.95 Å². The molecule has 0 aliphatic carbocycles. The van der Waals surface area contributed by atoms with Crippen LogP contribution in [0.15, 0.2) is 30.5 Å². The molecular weight excluding hydrogens is 388 g/mol. The number of piperidine rings is 1. The molecule has 2 aromatic heterocycles. The number of rotatable bonds is 6. The fourth-order valence-electron chi connectivity index (χ4n) is 3.60. The molecule has 0 radical (unpaired) electrons. The van der Waals surface area contributed by atoms with Crippen molar-refractivity contribution in [3.63, 3.8) is 0 Å². The molecule has 0 spiro atoms. The van der Waals surface area contributed by atoms with Gasteiger partial charge in [0.15, 0.2) is 5.65 Å². The van der Waals surface area contributed by atoms with Crippen molar-refractivity contribution >= 4 is 23.2 Å². The van der Waals surface area contributed by atoms with Crippen molar-refractivity contribution in [1.82, 2.24) is 24.9 Å². The van der Waals surface area contributed by atoms with Crippen LogP contribution in [-0.4, -0.2) is 38.8 Å². The molecule has 3 heterocycles. The molecule has 0 saturated carbocycles. The summed E-state index contributed by atoms with van der Waals surface area (Å²) in [5.74, 6) is 0.883. The van der Waals surface area contributed by atoms with E-state index in [4.69, 9.17) is 16.3 Å². The summed E-state index contributed by atoms with van der Waals surface area (Å²) in [7, 11) is 0. The van der Waals surface area contributed by atoms with Crippen molar-refractivity contribution < 1.29 is 4.74 Å². The average molecular weight is 415 g/mol. The molecule has 29 heavy (non-hydrogen) atoms. The summed E-state index contributed by atoms with van der Waals surface area (Å²) in [6.45, 7) is 8.15. The highest BCUT2D eigenvalue weighted by atomic mass is 35.5. The fourth-order valence-corrected chi connectivity index (χ4v) is 3.90. The Morgan fingerprint density at radius 2 is 2.03 bits per heavy atom. The number of nitrogens with one attached hydrogen (secondary N) is 2. The van der Waals surface area contributed by atoms with Gasteiger partial charge in [-0.2, -0.15) is 19.6 Å². The largest absolute Gasteiger partial charge is 0.459 e.